The Balaban J connectivity index is 1.95. The topological polar surface area (TPSA) is 17.1 Å². The van der Waals surface area contributed by atoms with E-state index in [0.717, 1.165) is 30.6 Å². The third-order valence-electron chi connectivity index (χ3n) is 5.23. The minimum absolute atomic E-state index is 0.463. The van der Waals surface area contributed by atoms with Gasteiger partial charge in [-0.3, -0.25) is 4.79 Å². The molecule has 1 nitrogen and oxygen atoms in total. The van der Waals surface area contributed by atoms with Crippen molar-refractivity contribution in [1.82, 2.24) is 0 Å². The van der Waals surface area contributed by atoms with E-state index in [9.17, 15) is 4.79 Å². The van der Waals surface area contributed by atoms with E-state index in [4.69, 9.17) is 0 Å². The van der Waals surface area contributed by atoms with E-state index in [-0.39, 0.29) is 0 Å². The largest absolute Gasteiger partial charge is 0.295 e. The third-order valence-corrected chi connectivity index (χ3v) is 5.23. The van der Waals surface area contributed by atoms with Crippen molar-refractivity contribution in [2.24, 2.45) is 17.8 Å². The number of hydrogen-bond acceptors (Lipinski definition) is 1. The van der Waals surface area contributed by atoms with E-state index in [1.807, 2.05) is 0 Å². The second kappa shape index (κ2) is 4.01. The molecular formula is C15H22O. The maximum atomic E-state index is 11.9. The van der Waals surface area contributed by atoms with E-state index in [1.165, 1.54) is 44.1 Å². The van der Waals surface area contributed by atoms with Gasteiger partial charge in [-0.1, -0.05) is 25.3 Å². The van der Waals surface area contributed by atoms with Crippen LogP contribution in [0, 0.1) is 17.8 Å². The number of carbonyl (C=O) groups is 1. The number of allylic oxidation sites excluding steroid dienone is 2. The lowest BCUT2D eigenvalue weighted by atomic mass is 9.65. The van der Waals surface area contributed by atoms with Gasteiger partial charge in [0.2, 0.25) is 0 Å². The fourth-order valence-corrected chi connectivity index (χ4v) is 4.54. The highest BCUT2D eigenvalue weighted by Gasteiger charge is 2.41. The first-order valence-electron chi connectivity index (χ1n) is 7.06. The Kier molecular flexibility index (Phi) is 2.65. The Morgan fingerprint density at radius 1 is 1.12 bits per heavy atom. The van der Waals surface area contributed by atoms with Gasteiger partial charge in [0.1, 0.15) is 0 Å². The van der Waals surface area contributed by atoms with Crippen LogP contribution in [0.15, 0.2) is 11.1 Å². The number of rotatable bonds is 1. The van der Waals surface area contributed by atoms with Gasteiger partial charge in [-0.2, -0.15) is 0 Å². The maximum absolute atomic E-state index is 11.9. The highest BCUT2D eigenvalue weighted by molar-refractivity contribution is 5.97. The van der Waals surface area contributed by atoms with Crippen LogP contribution in [0.4, 0.5) is 0 Å². The van der Waals surface area contributed by atoms with Gasteiger partial charge < -0.3 is 0 Å². The summed E-state index contributed by atoms with van der Waals surface area (Å²) in [7, 11) is 0. The molecule has 0 bridgehead atoms. The van der Waals surface area contributed by atoms with Gasteiger partial charge in [-0.05, 0) is 55.4 Å². The number of fused-ring (bicyclic) bond motifs is 3. The molecule has 2 saturated carbocycles. The van der Waals surface area contributed by atoms with Gasteiger partial charge in [0.25, 0.3) is 0 Å². The van der Waals surface area contributed by atoms with Crippen molar-refractivity contribution in [2.75, 3.05) is 0 Å². The summed E-state index contributed by atoms with van der Waals surface area (Å²) in [5, 5.41) is 0. The van der Waals surface area contributed by atoms with Crippen molar-refractivity contribution in [3.63, 3.8) is 0 Å². The molecule has 2 fully saturated rings. The zero-order chi connectivity index (χ0) is 11.1. The summed E-state index contributed by atoms with van der Waals surface area (Å²) in [4.78, 5) is 11.9. The predicted octanol–water partition coefficient (Wildman–Crippen LogP) is 3.88. The summed E-state index contributed by atoms with van der Waals surface area (Å²) in [6.45, 7) is 2.16. The molecule has 0 aromatic carbocycles. The van der Waals surface area contributed by atoms with Gasteiger partial charge in [-0.15, -0.1) is 0 Å². The van der Waals surface area contributed by atoms with Crippen molar-refractivity contribution >= 4 is 5.78 Å². The highest BCUT2D eigenvalue weighted by atomic mass is 16.1. The Labute approximate surface area is 98.3 Å². The van der Waals surface area contributed by atoms with Crippen molar-refractivity contribution in [2.45, 2.75) is 58.3 Å². The number of ketones is 1. The number of Topliss-reactive ketones (excluding diaryl/α,β-unsaturated/α-hetero) is 1. The lowest BCUT2D eigenvalue weighted by molar-refractivity contribution is -0.116. The summed E-state index contributed by atoms with van der Waals surface area (Å²) in [5.74, 6) is 3.21. The van der Waals surface area contributed by atoms with Crippen LogP contribution in [0.25, 0.3) is 0 Å². The minimum atomic E-state index is 0.463. The molecule has 3 unspecified atom stereocenters. The van der Waals surface area contributed by atoms with Gasteiger partial charge >= 0.3 is 0 Å². The average molecular weight is 218 g/mol. The van der Waals surface area contributed by atoms with Crippen molar-refractivity contribution < 1.29 is 4.79 Å². The van der Waals surface area contributed by atoms with Crippen molar-refractivity contribution in [1.29, 1.82) is 0 Å². The molecule has 0 heterocycles. The SMILES string of the molecule is CCC1=C2CCC3CCCC3C2CCC1=O. The van der Waals surface area contributed by atoms with Gasteiger partial charge in [0, 0.05) is 6.42 Å². The average Bonchev–Trinajstić information content (AvgIpc) is 2.76. The molecule has 0 saturated heterocycles. The number of hydrogen-bond donors (Lipinski definition) is 0. The fourth-order valence-electron chi connectivity index (χ4n) is 4.54. The fraction of sp³-hybridized carbons (Fsp3) is 0.800. The minimum Gasteiger partial charge on any atom is -0.295 e. The van der Waals surface area contributed by atoms with Crippen LogP contribution >= 0.6 is 0 Å². The molecule has 3 aliphatic carbocycles. The maximum Gasteiger partial charge on any atom is 0.158 e. The molecule has 1 heteroatoms. The van der Waals surface area contributed by atoms with E-state index < -0.39 is 0 Å². The Bertz CT molecular complexity index is 339. The van der Waals surface area contributed by atoms with E-state index >= 15 is 0 Å². The molecule has 3 rings (SSSR count). The molecule has 16 heavy (non-hydrogen) atoms. The van der Waals surface area contributed by atoms with Gasteiger partial charge in [0.05, 0.1) is 0 Å². The first kappa shape index (κ1) is 10.6. The molecular weight excluding hydrogens is 196 g/mol. The van der Waals surface area contributed by atoms with Crippen LogP contribution < -0.4 is 0 Å². The molecule has 0 spiro atoms. The zero-order valence-electron chi connectivity index (χ0n) is 10.3. The van der Waals surface area contributed by atoms with Crippen LogP contribution in [-0.4, -0.2) is 5.78 Å². The van der Waals surface area contributed by atoms with E-state index in [2.05, 4.69) is 6.92 Å². The van der Waals surface area contributed by atoms with Crippen LogP contribution in [0.3, 0.4) is 0 Å². The third kappa shape index (κ3) is 1.48. The standard InChI is InChI=1S/C15H22O/c1-2-11-13-7-6-10-4-3-5-12(10)14(13)8-9-15(11)16/h10,12,14H,2-9H2,1H3. The van der Waals surface area contributed by atoms with Crippen LogP contribution in [-0.2, 0) is 4.79 Å². The smallest absolute Gasteiger partial charge is 0.158 e. The van der Waals surface area contributed by atoms with Gasteiger partial charge in [0.15, 0.2) is 5.78 Å². The number of carbonyl (C=O) groups excluding carboxylic acids is 1. The lowest BCUT2D eigenvalue weighted by Gasteiger charge is -2.40. The van der Waals surface area contributed by atoms with Crippen molar-refractivity contribution in [3.8, 4) is 0 Å². The summed E-state index contributed by atoms with van der Waals surface area (Å²) >= 11 is 0. The molecule has 0 amide bonds. The van der Waals surface area contributed by atoms with Crippen molar-refractivity contribution in [3.05, 3.63) is 11.1 Å². The zero-order valence-corrected chi connectivity index (χ0v) is 10.3. The summed E-state index contributed by atoms with van der Waals surface area (Å²) in [6.07, 6.45) is 9.91. The van der Waals surface area contributed by atoms with Crippen LogP contribution in [0.1, 0.15) is 58.3 Å². The monoisotopic (exact) mass is 218 g/mol. The Morgan fingerprint density at radius 2 is 2.00 bits per heavy atom. The Hall–Kier alpha value is -0.590. The normalized spacial score (nSPS) is 38.6. The second-order valence-corrected chi connectivity index (χ2v) is 5.82. The van der Waals surface area contributed by atoms with E-state index in [1.54, 1.807) is 5.57 Å². The highest BCUT2D eigenvalue weighted by Crippen LogP contribution is 2.51. The van der Waals surface area contributed by atoms with Crippen LogP contribution in [0.5, 0.6) is 0 Å². The predicted molar refractivity (Wildman–Crippen MR) is 65.1 cm³/mol. The summed E-state index contributed by atoms with van der Waals surface area (Å²) in [6, 6.07) is 0. The Morgan fingerprint density at radius 3 is 2.81 bits per heavy atom. The molecule has 0 aliphatic heterocycles. The lowest BCUT2D eigenvalue weighted by Crippen LogP contribution is -2.31. The molecule has 3 aliphatic rings. The molecule has 0 aromatic rings. The molecule has 0 aromatic heterocycles. The summed E-state index contributed by atoms with van der Waals surface area (Å²) in [5.41, 5.74) is 2.81. The van der Waals surface area contributed by atoms with Crippen LogP contribution in [0.2, 0.25) is 0 Å². The quantitative estimate of drug-likeness (QED) is 0.652. The first-order valence-corrected chi connectivity index (χ1v) is 7.06. The van der Waals surface area contributed by atoms with Gasteiger partial charge in [-0.25, -0.2) is 0 Å². The summed E-state index contributed by atoms with van der Waals surface area (Å²) < 4.78 is 0. The first-order chi connectivity index (χ1) is 7.81. The molecule has 0 radical (unpaired) electrons. The molecule has 88 valence electrons. The second-order valence-electron chi connectivity index (χ2n) is 5.82. The molecule has 0 N–H and O–H groups in total. The molecule has 3 atom stereocenters. The van der Waals surface area contributed by atoms with E-state index in [0.29, 0.717) is 5.78 Å².